The lowest BCUT2D eigenvalue weighted by atomic mass is 9.81. The Morgan fingerprint density at radius 1 is 1.50 bits per heavy atom. The van der Waals surface area contributed by atoms with Gasteiger partial charge >= 0.3 is 0 Å². The van der Waals surface area contributed by atoms with E-state index in [2.05, 4.69) is 11.9 Å². The maximum atomic E-state index is 12.9. The second-order valence-electron chi connectivity index (χ2n) is 6.75. The SMILES string of the molecule is C=CCNC(=O)c1cccc(S(=O)(=O)N2CCC(N)C(C)(C)C2)c1. The number of amides is 1. The van der Waals surface area contributed by atoms with Crippen molar-refractivity contribution in [1.82, 2.24) is 9.62 Å². The summed E-state index contributed by atoms with van der Waals surface area (Å²) in [5, 5.41) is 2.64. The molecular weight excluding hydrogens is 326 g/mol. The van der Waals surface area contributed by atoms with Crippen molar-refractivity contribution in [1.29, 1.82) is 0 Å². The third-order valence-corrected chi connectivity index (χ3v) is 6.26. The summed E-state index contributed by atoms with van der Waals surface area (Å²) in [7, 11) is -3.66. The maximum absolute atomic E-state index is 12.9. The zero-order valence-electron chi connectivity index (χ0n) is 14.2. The van der Waals surface area contributed by atoms with Gasteiger partial charge in [0.05, 0.1) is 4.90 Å². The molecule has 7 heteroatoms. The van der Waals surface area contributed by atoms with Gasteiger partial charge in [0.2, 0.25) is 10.0 Å². The number of nitrogens with one attached hydrogen (secondary N) is 1. The summed E-state index contributed by atoms with van der Waals surface area (Å²) in [5.41, 5.74) is 6.11. The van der Waals surface area contributed by atoms with Crippen LogP contribution in [0.3, 0.4) is 0 Å². The van der Waals surface area contributed by atoms with Crippen LogP contribution in [0.4, 0.5) is 0 Å². The van der Waals surface area contributed by atoms with Crippen LogP contribution in [0.15, 0.2) is 41.8 Å². The Bertz CT molecular complexity index is 728. The number of nitrogens with zero attached hydrogens (tertiary/aromatic N) is 1. The van der Waals surface area contributed by atoms with Crippen LogP contribution in [-0.4, -0.2) is 44.3 Å². The first-order valence-corrected chi connectivity index (χ1v) is 9.37. The summed E-state index contributed by atoms with van der Waals surface area (Å²) < 4.78 is 27.3. The average Bonchev–Trinajstić information content (AvgIpc) is 2.55. The largest absolute Gasteiger partial charge is 0.349 e. The molecule has 1 saturated heterocycles. The Balaban J connectivity index is 2.27. The van der Waals surface area contributed by atoms with Crippen LogP contribution in [0.25, 0.3) is 0 Å². The molecule has 0 radical (unpaired) electrons. The highest BCUT2D eigenvalue weighted by molar-refractivity contribution is 7.89. The van der Waals surface area contributed by atoms with E-state index in [9.17, 15) is 13.2 Å². The first-order valence-electron chi connectivity index (χ1n) is 7.93. The highest BCUT2D eigenvalue weighted by Gasteiger charge is 2.38. The van der Waals surface area contributed by atoms with Crippen molar-refractivity contribution in [3.63, 3.8) is 0 Å². The van der Waals surface area contributed by atoms with E-state index in [0.29, 0.717) is 31.6 Å². The Morgan fingerprint density at radius 3 is 2.83 bits per heavy atom. The molecule has 1 aromatic carbocycles. The number of carbonyl (C=O) groups excluding carboxylic acids is 1. The van der Waals surface area contributed by atoms with Crippen LogP contribution in [0.2, 0.25) is 0 Å². The summed E-state index contributed by atoms with van der Waals surface area (Å²) in [4.78, 5) is 12.1. The number of piperidine rings is 1. The second-order valence-corrected chi connectivity index (χ2v) is 8.69. The van der Waals surface area contributed by atoms with Crippen molar-refractivity contribution in [3.8, 4) is 0 Å². The lowest BCUT2D eigenvalue weighted by molar-refractivity contribution is 0.0958. The molecule has 1 fully saturated rings. The molecule has 1 aliphatic heterocycles. The lowest BCUT2D eigenvalue weighted by Crippen LogP contribution is -2.53. The smallest absolute Gasteiger partial charge is 0.251 e. The first kappa shape index (κ1) is 18.6. The zero-order chi connectivity index (χ0) is 18.0. The van der Waals surface area contributed by atoms with Crippen molar-refractivity contribution in [2.45, 2.75) is 31.2 Å². The fraction of sp³-hybridized carbons (Fsp3) is 0.471. The van der Waals surface area contributed by atoms with Gasteiger partial charge < -0.3 is 11.1 Å². The minimum atomic E-state index is -3.66. The van der Waals surface area contributed by atoms with Gasteiger partial charge in [0, 0.05) is 31.2 Å². The topological polar surface area (TPSA) is 92.5 Å². The van der Waals surface area contributed by atoms with E-state index in [0.717, 1.165) is 0 Å². The Labute approximate surface area is 143 Å². The van der Waals surface area contributed by atoms with E-state index in [1.807, 2.05) is 13.8 Å². The van der Waals surface area contributed by atoms with E-state index in [4.69, 9.17) is 5.73 Å². The maximum Gasteiger partial charge on any atom is 0.251 e. The van der Waals surface area contributed by atoms with E-state index in [1.165, 1.54) is 16.4 Å². The van der Waals surface area contributed by atoms with Crippen LogP contribution in [0.5, 0.6) is 0 Å². The van der Waals surface area contributed by atoms with Gasteiger partial charge in [-0.2, -0.15) is 4.31 Å². The van der Waals surface area contributed by atoms with Gasteiger partial charge in [0.25, 0.3) is 5.91 Å². The Hall–Kier alpha value is -1.70. The molecular formula is C17H25N3O3S. The third-order valence-electron chi connectivity index (χ3n) is 4.42. The molecule has 0 aliphatic carbocycles. The standard InChI is InChI=1S/C17H25N3O3S/c1-4-9-19-16(21)13-6-5-7-14(11-13)24(22,23)20-10-8-15(18)17(2,3)12-20/h4-7,11,15H,1,8-10,12,18H2,2-3H3,(H,19,21). The second kappa shape index (κ2) is 7.04. The summed E-state index contributed by atoms with van der Waals surface area (Å²) >= 11 is 0. The van der Waals surface area contributed by atoms with Crippen LogP contribution in [-0.2, 0) is 10.0 Å². The van der Waals surface area contributed by atoms with Gasteiger partial charge in [-0.1, -0.05) is 26.0 Å². The predicted octanol–water partition coefficient (Wildman–Crippen LogP) is 1.35. The highest BCUT2D eigenvalue weighted by atomic mass is 32.2. The van der Waals surface area contributed by atoms with Crippen molar-refractivity contribution in [3.05, 3.63) is 42.5 Å². The molecule has 1 heterocycles. The molecule has 1 atom stereocenters. The lowest BCUT2D eigenvalue weighted by Gasteiger charge is -2.41. The van der Waals surface area contributed by atoms with Gasteiger partial charge in [-0.05, 0) is 30.0 Å². The molecule has 6 nitrogen and oxygen atoms in total. The summed E-state index contributed by atoms with van der Waals surface area (Å²) in [5.74, 6) is -0.326. The number of nitrogens with two attached hydrogens (primary N) is 1. The number of benzene rings is 1. The molecule has 1 aliphatic rings. The number of rotatable bonds is 5. The van der Waals surface area contributed by atoms with E-state index in [1.54, 1.807) is 18.2 Å². The molecule has 0 saturated carbocycles. The fourth-order valence-corrected chi connectivity index (χ4v) is 4.42. The normalized spacial score (nSPS) is 21.2. The quantitative estimate of drug-likeness (QED) is 0.783. The minimum absolute atomic E-state index is 0.0278. The molecule has 0 aromatic heterocycles. The molecule has 24 heavy (non-hydrogen) atoms. The van der Waals surface area contributed by atoms with E-state index in [-0.39, 0.29) is 22.3 Å². The third kappa shape index (κ3) is 3.85. The fourth-order valence-electron chi connectivity index (χ4n) is 2.74. The Morgan fingerprint density at radius 2 is 2.21 bits per heavy atom. The molecule has 2 rings (SSSR count). The van der Waals surface area contributed by atoms with Crippen LogP contribution in [0.1, 0.15) is 30.6 Å². The molecule has 1 unspecified atom stereocenters. The van der Waals surface area contributed by atoms with Gasteiger partial charge in [0.1, 0.15) is 0 Å². The van der Waals surface area contributed by atoms with Crippen LogP contribution >= 0.6 is 0 Å². The molecule has 0 spiro atoms. The average molecular weight is 351 g/mol. The Kier molecular flexibility index (Phi) is 5.47. The summed E-state index contributed by atoms with van der Waals surface area (Å²) in [6.45, 7) is 8.56. The number of sulfonamides is 1. The molecule has 1 amide bonds. The molecule has 1 aromatic rings. The first-order chi connectivity index (χ1) is 11.2. The van der Waals surface area contributed by atoms with Crippen LogP contribution in [0, 0.1) is 5.41 Å². The number of hydrogen-bond donors (Lipinski definition) is 2. The number of hydrogen-bond acceptors (Lipinski definition) is 4. The van der Waals surface area contributed by atoms with Gasteiger partial charge in [-0.3, -0.25) is 4.79 Å². The van der Waals surface area contributed by atoms with Crippen molar-refractivity contribution in [2.75, 3.05) is 19.6 Å². The molecule has 0 bridgehead atoms. The van der Waals surface area contributed by atoms with Gasteiger partial charge in [0.15, 0.2) is 0 Å². The predicted molar refractivity (Wildman–Crippen MR) is 94.1 cm³/mol. The van der Waals surface area contributed by atoms with E-state index >= 15 is 0 Å². The summed E-state index contributed by atoms with van der Waals surface area (Å²) in [6, 6.07) is 6.07. The highest BCUT2D eigenvalue weighted by Crippen LogP contribution is 2.31. The molecule has 3 N–H and O–H groups in total. The van der Waals surface area contributed by atoms with Gasteiger partial charge in [-0.15, -0.1) is 6.58 Å². The van der Waals surface area contributed by atoms with Crippen molar-refractivity contribution >= 4 is 15.9 Å². The van der Waals surface area contributed by atoms with Crippen molar-refractivity contribution < 1.29 is 13.2 Å². The van der Waals surface area contributed by atoms with Crippen LogP contribution < -0.4 is 11.1 Å². The van der Waals surface area contributed by atoms with Crippen molar-refractivity contribution in [2.24, 2.45) is 11.1 Å². The number of carbonyl (C=O) groups is 1. The monoisotopic (exact) mass is 351 g/mol. The van der Waals surface area contributed by atoms with Gasteiger partial charge in [-0.25, -0.2) is 8.42 Å². The van der Waals surface area contributed by atoms with E-state index < -0.39 is 10.0 Å². The minimum Gasteiger partial charge on any atom is -0.349 e. The zero-order valence-corrected chi connectivity index (χ0v) is 15.0. The summed E-state index contributed by atoms with van der Waals surface area (Å²) in [6.07, 6.45) is 2.18. The molecule has 132 valence electrons.